The van der Waals surface area contributed by atoms with Crippen LogP contribution < -0.4 is 0 Å². The summed E-state index contributed by atoms with van der Waals surface area (Å²) in [7, 11) is 1.68. The van der Waals surface area contributed by atoms with Gasteiger partial charge < -0.3 is 18.9 Å². The molecule has 24 heavy (non-hydrogen) atoms. The van der Waals surface area contributed by atoms with Crippen molar-refractivity contribution in [2.45, 2.75) is 39.0 Å². The molecule has 0 unspecified atom stereocenters. The summed E-state index contributed by atoms with van der Waals surface area (Å²) in [6.07, 6.45) is 1.24. The number of hydrogen-bond acceptors (Lipinski definition) is 3. The Labute approximate surface area is 143 Å². The predicted octanol–water partition coefficient (Wildman–Crippen LogP) is 2.93. The van der Waals surface area contributed by atoms with Gasteiger partial charge in [-0.2, -0.15) is 0 Å². The maximum atomic E-state index is 13.0. The molecule has 2 heterocycles. The minimum atomic E-state index is 0.0807. The van der Waals surface area contributed by atoms with Crippen LogP contribution in [0.4, 0.5) is 0 Å². The fraction of sp³-hybridized carbons (Fsp3) is 0.526. The highest BCUT2D eigenvalue weighted by Crippen LogP contribution is 2.23. The van der Waals surface area contributed by atoms with Crippen molar-refractivity contribution in [1.82, 2.24) is 9.47 Å². The number of rotatable bonds is 6. The van der Waals surface area contributed by atoms with E-state index in [4.69, 9.17) is 9.47 Å². The molecule has 1 amide bonds. The smallest absolute Gasteiger partial charge is 0.270 e. The Kier molecular flexibility index (Phi) is 5.21. The van der Waals surface area contributed by atoms with Crippen LogP contribution >= 0.6 is 0 Å². The maximum Gasteiger partial charge on any atom is 0.270 e. The Bertz CT molecular complexity index is 708. The van der Waals surface area contributed by atoms with Gasteiger partial charge in [0.25, 0.3) is 5.91 Å². The van der Waals surface area contributed by atoms with Crippen molar-refractivity contribution in [3.8, 4) is 0 Å². The number of ether oxygens (including phenoxy) is 2. The third-order valence-electron chi connectivity index (χ3n) is 4.45. The van der Waals surface area contributed by atoms with Crippen molar-refractivity contribution in [3.63, 3.8) is 0 Å². The Hall–Kier alpha value is -1.85. The summed E-state index contributed by atoms with van der Waals surface area (Å²) >= 11 is 0. The van der Waals surface area contributed by atoms with Gasteiger partial charge in [0.2, 0.25) is 0 Å². The summed E-state index contributed by atoms with van der Waals surface area (Å²) in [5.41, 5.74) is 1.81. The lowest BCUT2D eigenvalue weighted by atomic mass is 10.2. The van der Waals surface area contributed by atoms with Gasteiger partial charge in [0.15, 0.2) is 0 Å². The number of fused-ring (bicyclic) bond motifs is 1. The highest BCUT2D eigenvalue weighted by Gasteiger charge is 2.30. The molecule has 1 aromatic carbocycles. The average Bonchev–Trinajstić information content (AvgIpc) is 3.16. The van der Waals surface area contributed by atoms with E-state index in [-0.39, 0.29) is 18.1 Å². The third-order valence-corrected chi connectivity index (χ3v) is 4.45. The maximum absolute atomic E-state index is 13.0. The standard InChI is InChI=1S/C19H26N2O3/c1-14(2)24-16-8-9-20(13-16)19(22)18-12-15-6-4-5-7-17(15)21(18)10-11-23-3/h4-7,12,14,16H,8-11,13H2,1-3H3/t16-/m1/s1. The molecule has 0 N–H and O–H groups in total. The SMILES string of the molecule is COCCn1c(C(=O)N2CC[C@@H](OC(C)C)C2)cc2ccccc21. The number of nitrogens with zero attached hydrogens (tertiary/aromatic N) is 2. The number of methoxy groups -OCH3 is 1. The van der Waals surface area contributed by atoms with Gasteiger partial charge in [-0.3, -0.25) is 4.79 Å². The van der Waals surface area contributed by atoms with Crippen LogP contribution in [0.5, 0.6) is 0 Å². The van der Waals surface area contributed by atoms with Gasteiger partial charge in [-0.05, 0) is 32.4 Å². The van der Waals surface area contributed by atoms with Crippen LogP contribution in [0, 0.1) is 0 Å². The first-order valence-electron chi connectivity index (χ1n) is 8.62. The van der Waals surface area contributed by atoms with Crippen molar-refractivity contribution >= 4 is 16.8 Å². The molecule has 0 saturated carbocycles. The van der Waals surface area contributed by atoms with Gasteiger partial charge in [-0.1, -0.05) is 18.2 Å². The molecule has 5 nitrogen and oxygen atoms in total. The van der Waals surface area contributed by atoms with E-state index in [1.165, 1.54) is 0 Å². The van der Waals surface area contributed by atoms with Crippen LogP contribution in [0.25, 0.3) is 10.9 Å². The minimum absolute atomic E-state index is 0.0807. The number of benzene rings is 1. The summed E-state index contributed by atoms with van der Waals surface area (Å²) in [5, 5.41) is 1.09. The molecular formula is C19H26N2O3. The summed E-state index contributed by atoms with van der Waals surface area (Å²) < 4.78 is 13.1. The summed E-state index contributed by atoms with van der Waals surface area (Å²) in [4.78, 5) is 14.9. The van der Waals surface area contributed by atoms with Gasteiger partial charge in [-0.15, -0.1) is 0 Å². The minimum Gasteiger partial charge on any atom is -0.383 e. The van der Waals surface area contributed by atoms with Crippen molar-refractivity contribution in [2.24, 2.45) is 0 Å². The van der Waals surface area contributed by atoms with Crippen molar-refractivity contribution in [3.05, 3.63) is 36.0 Å². The quantitative estimate of drug-likeness (QED) is 0.818. The molecule has 0 spiro atoms. The zero-order valence-corrected chi connectivity index (χ0v) is 14.7. The molecule has 3 rings (SSSR count). The van der Waals surface area contributed by atoms with E-state index in [0.29, 0.717) is 19.7 Å². The zero-order valence-electron chi connectivity index (χ0n) is 14.7. The van der Waals surface area contributed by atoms with Crippen LogP contribution in [-0.4, -0.2) is 54.4 Å². The highest BCUT2D eigenvalue weighted by molar-refractivity contribution is 5.99. The Morgan fingerprint density at radius 3 is 2.88 bits per heavy atom. The van der Waals surface area contributed by atoms with Gasteiger partial charge in [0.1, 0.15) is 5.69 Å². The fourth-order valence-corrected chi connectivity index (χ4v) is 3.38. The van der Waals surface area contributed by atoms with Crippen LogP contribution in [0.3, 0.4) is 0 Å². The first-order valence-corrected chi connectivity index (χ1v) is 8.62. The first kappa shape index (κ1) is 17.0. The lowest BCUT2D eigenvalue weighted by Crippen LogP contribution is -2.32. The number of likely N-dealkylation sites (tertiary alicyclic amines) is 1. The molecular weight excluding hydrogens is 304 g/mol. The Morgan fingerprint density at radius 2 is 2.12 bits per heavy atom. The molecule has 1 aliphatic heterocycles. The number of carbonyl (C=O) groups excluding carboxylic acids is 1. The van der Waals surface area contributed by atoms with Gasteiger partial charge in [-0.25, -0.2) is 0 Å². The van der Waals surface area contributed by atoms with E-state index < -0.39 is 0 Å². The molecule has 1 aliphatic rings. The van der Waals surface area contributed by atoms with Crippen molar-refractivity contribution in [2.75, 3.05) is 26.8 Å². The molecule has 0 aliphatic carbocycles. The monoisotopic (exact) mass is 330 g/mol. The van der Waals surface area contributed by atoms with E-state index in [1.54, 1.807) is 7.11 Å². The van der Waals surface area contributed by atoms with E-state index in [0.717, 1.165) is 29.6 Å². The van der Waals surface area contributed by atoms with Crippen LogP contribution in [0.15, 0.2) is 30.3 Å². The number of para-hydroxylation sites is 1. The number of carbonyl (C=O) groups is 1. The van der Waals surface area contributed by atoms with Gasteiger partial charge >= 0.3 is 0 Å². The van der Waals surface area contributed by atoms with E-state index >= 15 is 0 Å². The zero-order chi connectivity index (χ0) is 17.1. The summed E-state index contributed by atoms with van der Waals surface area (Å²) in [6, 6.07) is 10.1. The normalized spacial score (nSPS) is 18.0. The van der Waals surface area contributed by atoms with Crippen molar-refractivity contribution in [1.29, 1.82) is 0 Å². The third kappa shape index (κ3) is 3.47. The lowest BCUT2D eigenvalue weighted by Gasteiger charge is -2.19. The largest absolute Gasteiger partial charge is 0.383 e. The Balaban J connectivity index is 1.84. The average molecular weight is 330 g/mol. The topological polar surface area (TPSA) is 43.7 Å². The summed E-state index contributed by atoms with van der Waals surface area (Å²) in [5.74, 6) is 0.0807. The van der Waals surface area contributed by atoms with Gasteiger partial charge in [0, 0.05) is 37.6 Å². The van der Waals surface area contributed by atoms with Crippen LogP contribution in [-0.2, 0) is 16.0 Å². The first-order chi connectivity index (χ1) is 11.6. The Morgan fingerprint density at radius 1 is 1.33 bits per heavy atom. The number of hydrogen-bond donors (Lipinski definition) is 0. The second-order valence-corrected chi connectivity index (χ2v) is 6.58. The summed E-state index contributed by atoms with van der Waals surface area (Å²) in [6.45, 7) is 6.74. The van der Waals surface area contributed by atoms with Crippen LogP contribution in [0.1, 0.15) is 30.8 Å². The molecule has 0 bridgehead atoms. The molecule has 5 heteroatoms. The van der Waals surface area contributed by atoms with Crippen molar-refractivity contribution < 1.29 is 14.3 Å². The molecule has 1 saturated heterocycles. The van der Waals surface area contributed by atoms with E-state index in [1.807, 2.05) is 43.0 Å². The molecule has 130 valence electrons. The van der Waals surface area contributed by atoms with E-state index in [9.17, 15) is 4.79 Å². The number of amides is 1. The van der Waals surface area contributed by atoms with Gasteiger partial charge in [0.05, 0.1) is 18.8 Å². The fourth-order valence-electron chi connectivity index (χ4n) is 3.38. The molecule has 0 radical (unpaired) electrons. The molecule has 1 fully saturated rings. The molecule has 2 aromatic rings. The number of aromatic nitrogens is 1. The lowest BCUT2D eigenvalue weighted by molar-refractivity contribution is 0.0138. The molecule has 1 aromatic heterocycles. The second-order valence-electron chi connectivity index (χ2n) is 6.58. The highest BCUT2D eigenvalue weighted by atomic mass is 16.5. The molecule has 1 atom stereocenters. The van der Waals surface area contributed by atoms with E-state index in [2.05, 4.69) is 10.6 Å². The van der Waals surface area contributed by atoms with Crippen LogP contribution in [0.2, 0.25) is 0 Å². The second kappa shape index (κ2) is 7.36. The predicted molar refractivity (Wildman–Crippen MR) is 94.3 cm³/mol.